The van der Waals surface area contributed by atoms with Crippen molar-refractivity contribution in [1.82, 2.24) is 14.8 Å². The molecule has 0 fully saturated rings. The highest BCUT2D eigenvalue weighted by molar-refractivity contribution is 7.71. The van der Waals surface area contributed by atoms with Gasteiger partial charge in [0.1, 0.15) is 6.33 Å². The van der Waals surface area contributed by atoms with Crippen molar-refractivity contribution in [3.8, 4) is 5.69 Å². The van der Waals surface area contributed by atoms with E-state index < -0.39 is 0 Å². The molecule has 1 aromatic heterocycles. The first-order valence-corrected chi connectivity index (χ1v) is 5.93. The summed E-state index contributed by atoms with van der Waals surface area (Å²) in [6.45, 7) is 2.21. The van der Waals surface area contributed by atoms with Crippen LogP contribution in [0.3, 0.4) is 0 Å². The lowest BCUT2D eigenvalue weighted by Crippen LogP contribution is -1.93. The maximum Gasteiger partial charge on any atom is 0.199 e. The van der Waals surface area contributed by atoms with Crippen LogP contribution in [0.2, 0.25) is 0 Å². The van der Waals surface area contributed by atoms with Crippen molar-refractivity contribution in [3.05, 3.63) is 40.9 Å². The maximum atomic E-state index is 5.12. The van der Waals surface area contributed by atoms with Crippen molar-refractivity contribution >= 4 is 12.2 Å². The molecule has 0 radical (unpaired) electrons. The van der Waals surface area contributed by atoms with E-state index in [4.69, 9.17) is 12.2 Å². The Bertz CT molecular complexity index is 495. The third-order valence-electron chi connectivity index (χ3n) is 2.59. The summed E-state index contributed by atoms with van der Waals surface area (Å²) in [7, 11) is 0. The average molecular weight is 233 g/mol. The van der Waals surface area contributed by atoms with Crippen molar-refractivity contribution < 1.29 is 0 Å². The zero-order valence-electron chi connectivity index (χ0n) is 9.31. The molecule has 0 saturated heterocycles. The first-order chi connectivity index (χ1) is 7.81. The molecule has 4 heteroatoms. The summed E-state index contributed by atoms with van der Waals surface area (Å²) >= 11 is 5.12. The van der Waals surface area contributed by atoms with Crippen LogP contribution < -0.4 is 0 Å². The zero-order chi connectivity index (χ0) is 11.4. The van der Waals surface area contributed by atoms with Gasteiger partial charge in [-0.05, 0) is 42.8 Å². The fourth-order valence-electron chi connectivity index (χ4n) is 1.64. The van der Waals surface area contributed by atoms with Crippen LogP contribution in [-0.2, 0) is 6.42 Å². The van der Waals surface area contributed by atoms with Crippen LogP contribution >= 0.6 is 12.2 Å². The molecule has 0 saturated carbocycles. The lowest BCUT2D eigenvalue weighted by molar-refractivity contribution is 0.794. The van der Waals surface area contributed by atoms with Gasteiger partial charge in [-0.3, -0.25) is 9.67 Å². The van der Waals surface area contributed by atoms with Gasteiger partial charge in [0.05, 0.1) is 0 Å². The molecule has 3 nitrogen and oxygen atoms in total. The molecule has 1 aromatic carbocycles. The van der Waals surface area contributed by atoms with Gasteiger partial charge < -0.3 is 0 Å². The van der Waals surface area contributed by atoms with E-state index >= 15 is 0 Å². The smallest absolute Gasteiger partial charge is 0.199 e. The molecule has 2 rings (SSSR count). The minimum atomic E-state index is 0.626. The number of hydrogen-bond donors (Lipinski definition) is 1. The molecule has 0 unspecified atom stereocenters. The van der Waals surface area contributed by atoms with Gasteiger partial charge in [-0.15, -0.1) is 0 Å². The monoisotopic (exact) mass is 233 g/mol. The molecule has 0 aliphatic rings. The Morgan fingerprint density at radius 2 is 2.06 bits per heavy atom. The molecule has 0 bridgehead atoms. The predicted octanol–water partition coefficient (Wildman–Crippen LogP) is 3.27. The van der Waals surface area contributed by atoms with Crippen molar-refractivity contribution in [2.75, 3.05) is 0 Å². The van der Waals surface area contributed by atoms with Gasteiger partial charge in [0, 0.05) is 5.69 Å². The van der Waals surface area contributed by atoms with Crippen LogP contribution in [0.25, 0.3) is 5.69 Å². The lowest BCUT2D eigenvalue weighted by atomic mass is 10.1. The van der Waals surface area contributed by atoms with Crippen LogP contribution in [0, 0.1) is 4.77 Å². The minimum absolute atomic E-state index is 0.626. The highest BCUT2D eigenvalue weighted by atomic mass is 32.1. The van der Waals surface area contributed by atoms with E-state index in [1.807, 2.05) is 4.57 Å². The second kappa shape index (κ2) is 5.07. The SMILES string of the molecule is CCCCc1ccc(-n2cn[nH]c2=S)cc1. The number of nitrogens with one attached hydrogen (secondary N) is 1. The molecule has 0 spiro atoms. The first kappa shape index (κ1) is 11.1. The fraction of sp³-hybridized carbons (Fsp3) is 0.333. The second-order valence-corrected chi connectivity index (χ2v) is 4.19. The quantitative estimate of drug-likeness (QED) is 0.822. The molecule has 1 N–H and O–H groups in total. The highest BCUT2D eigenvalue weighted by Gasteiger charge is 1.98. The van der Waals surface area contributed by atoms with Gasteiger partial charge in [-0.25, -0.2) is 0 Å². The molecule has 0 aliphatic carbocycles. The van der Waals surface area contributed by atoms with E-state index in [0.29, 0.717) is 4.77 Å². The van der Waals surface area contributed by atoms with Gasteiger partial charge in [0.25, 0.3) is 0 Å². The molecule has 0 atom stereocenters. The van der Waals surface area contributed by atoms with Crippen molar-refractivity contribution in [3.63, 3.8) is 0 Å². The molecule has 16 heavy (non-hydrogen) atoms. The van der Waals surface area contributed by atoms with E-state index in [1.165, 1.54) is 18.4 Å². The van der Waals surface area contributed by atoms with Crippen molar-refractivity contribution in [2.45, 2.75) is 26.2 Å². The van der Waals surface area contributed by atoms with E-state index in [1.54, 1.807) is 6.33 Å². The standard InChI is InChI=1S/C12H15N3S/c1-2-3-4-10-5-7-11(8-6-10)15-9-13-14-12(15)16/h5-9H,2-4H2,1H3,(H,14,16). The van der Waals surface area contributed by atoms with Crippen LogP contribution in [0.4, 0.5) is 0 Å². The summed E-state index contributed by atoms with van der Waals surface area (Å²) in [6.07, 6.45) is 5.32. The topological polar surface area (TPSA) is 33.6 Å². The van der Waals surface area contributed by atoms with E-state index in [9.17, 15) is 0 Å². The van der Waals surface area contributed by atoms with Crippen LogP contribution in [0.5, 0.6) is 0 Å². The zero-order valence-corrected chi connectivity index (χ0v) is 10.1. The van der Waals surface area contributed by atoms with E-state index in [0.717, 1.165) is 12.1 Å². The van der Waals surface area contributed by atoms with Gasteiger partial charge in [-0.2, -0.15) is 5.10 Å². The number of benzene rings is 1. The Labute approximate surface area is 100 Å². The third-order valence-corrected chi connectivity index (χ3v) is 2.87. The summed E-state index contributed by atoms with van der Waals surface area (Å²) in [4.78, 5) is 0. The number of aromatic amines is 1. The summed E-state index contributed by atoms with van der Waals surface area (Å²) in [5.41, 5.74) is 2.43. The average Bonchev–Trinajstić information content (AvgIpc) is 2.74. The number of hydrogen-bond acceptors (Lipinski definition) is 2. The molecule has 2 aromatic rings. The van der Waals surface area contributed by atoms with E-state index in [2.05, 4.69) is 41.4 Å². The Balaban J connectivity index is 2.20. The number of aryl methyl sites for hydroxylation is 1. The Kier molecular flexibility index (Phi) is 3.51. The van der Waals surface area contributed by atoms with Gasteiger partial charge >= 0.3 is 0 Å². The lowest BCUT2D eigenvalue weighted by Gasteiger charge is -2.03. The van der Waals surface area contributed by atoms with Gasteiger partial charge in [-0.1, -0.05) is 25.5 Å². The first-order valence-electron chi connectivity index (χ1n) is 5.52. The predicted molar refractivity (Wildman–Crippen MR) is 67.4 cm³/mol. The van der Waals surface area contributed by atoms with Crippen LogP contribution in [0.15, 0.2) is 30.6 Å². The molecule has 0 amide bonds. The van der Waals surface area contributed by atoms with Gasteiger partial charge in [0.15, 0.2) is 4.77 Å². The maximum absolute atomic E-state index is 5.12. The normalized spacial score (nSPS) is 10.6. The molecule has 1 heterocycles. The van der Waals surface area contributed by atoms with Gasteiger partial charge in [0.2, 0.25) is 0 Å². The third kappa shape index (κ3) is 2.39. The Morgan fingerprint density at radius 1 is 1.31 bits per heavy atom. The van der Waals surface area contributed by atoms with Crippen LogP contribution in [-0.4, -0.2) is 14.8 Å². The molecular formula is C12H15N3S. The largest absolute Gasteiger partial charge is 0.275 e. The van der Waals surface area contributed by atoms with Crippen LogP contribution in [0.1, 0.15) is 25.3 Å². The number of H-pyrrole nitrogens is 1. The Morgan fingerprint density at radius 3 is 2.62 bits per heavy atom. The number of rotatable bonds is 4. The molecular weight excluding hydrogens is 218 g/mol. The molecule has 0 aliphatic heterocycles. The number of unbranched alkanes of at least 4 members (excludes halogenated alkanes) is 1. The number of nitrogens with zero attached hydrogens (tertiary/aromatic N) is 2. The van der Waals surface area contributed by atoms with E-state index in [-0.39, 0.29) is 0 Å². The summed E-state index contributed by atoms with van der Waals surface area (Å²) in [5.74, 6) is 0. The summed E-state index contributed by atoms with van der Waals surface area (Å²) < 4.78 is 2.49. The number of aromatic nitrogens is 3. The fourth-order valence-corrected chi connectivity index (χ4v) is 1.84. The summed E-state index contributed by atoms with van der Waals surface area (Å²) in [6, 6.07) is 8.46. The van der Waals surface area contributed by atoms with Crippen molar-refractivity contribution in [2.24, 2.45) is 0 Å². The summed E-state index contributed by atoms with van der Waals surface area (Å²) in [5, 5.41) is 6.65. The van der Waals surface area contributed by atoms with Crippen molar-refractivity contribution in [1.29, 1.82) is 0 Å². The highest BCUT2D eigenvalue weighted by Crippen LogP contribution is 2.11. The molecule has 84 valence electrons. The Hall–Kier alpha value is -1.42. The second-order valence-electron chi connectivity index (χ2n) is 3.80. The minimum Gasteiger partial charge on any atom is -0.275 e.